The summed E-state index contributed by atoms with van der Waals surface area (Å²) in [5.41, 5.74) is 0.612. The molecule has 1 fully saturated rings. The summed E-state index contributed by atoms with van der Waals surface area (Å²) in [5.74, 6) is -1.43. The van der Waals surface area contributed by atoms with Crippen LogP contribution in [0.15, 0.2) is 70.7 Å². The predicted molar refractivity (Wildman–Crippen MR) is 105 cm³/mol. The van der Waals surface area contributed by atoms with Crippen molar-refractivity contribution in [2.24, 2.45) is 0 Å². The standard InChI is InChI=1S/C21H12ClFN2O4/c22-13-3-1-12(2-4-13)18-10-9-16(29-18)11-17-19(26)24-21(28)25(20(17)27)15-7-5-14(23)6-8-15/h1-11H,(H,24,26,28)/b17-11-. The number of halogens is 2. The Bertz CT molecular complexity index is 1150. The fraction of sp³-hybridized carbons (Fsp3) is 0. The third-order valence-electron chi connectivity index (χ3n) is 4.23. The van der Waals surface area contributed by atoms with Gasteiger partial charge in [0.15, 0.2) is 0 Å². The molecule has 0 aliphatic carbocycles. The summed E-state index contributed by atoms with van der Waals surface area (Å²) in [7, 11) is 0. The lowest BCUT2D eigenvalue weighted by atomic mass is 10.1. The highest BCUT2D eigenvalue weighted by atomic mass is 35.5. The van der Waals surface area contributed by atoms with Crippen LogP contribution in [0.25, 0.3) is 17.4 Å². The Hall–Kier alpha value is -3.71. The van der Waals surface area contributed by atoms with Gasteiger partial charge in [-0.3, -0.25) is 14.9 Å². The number of urea groups is 1. The summed E-state index contributed by atoms with van der Waals surface area (Å²) in [5, 5.41) is 2.68. The van der Waals surface area contributed by atoms with Gasteiger partial charge in [-0.15, -0.1) is 0 Å². The van der Waals surface area contributed by atoms with E-state index in [1.54, 1.807) is 36.4 Å². The van der Waals surface area contributed by atoms with E-state index in [4.69, 9.17) is 16.0 Å². The fourth-order valence-electron chi connectivity index (χ4n) is 2.82. The van der Waals surface area contributed by atoms with Crippen LogP contribution >= 0.6 is 11.6 Å². The van der Waals surface area contributed by atoms with Crippen molar-refractivity contribution in [3.63, 3.8) is 0 Å². The first-order chi connectivity index (χ1) is 13.9. The first kappa shape index (κ1) is 18.6. The predicted octanol–water partition coefficient (Wildman–Crippen LogP) is 4.41. The second-order valence-electron chi connectivity index (χ2n) is 6.14. The number of carbonyl (C=O) groups excluding carboxylic acids is 3. The lowest BCUT2D eigenvalue weighted by molar-refractivity contribution is -0.122. The number of furan rings is 1. The van der Waals surface area contributed by atoms with Crippen LogP contribution in [-0.2, 0) is 9.59 Å². The number of barbiturate groups is 1. The van der Waals surface area contributed by atoms with Crippen LogP contribution in [-0.4, -0.2) is 17.8 Å². The highest BCUT2D eigenvalue weighted by Crippen LogP contribution is 2.26. The molecule has 0 saturated carbocycles. The third-order valence-corrected chi connectivity index (χ3v) is 4.48. The second kappa shape index (κ2) is 7.37. The van der Waals surface area contributed by atoms with Crippen LogP contribution in [0.4, 0.5) is 14.9 Å². The van der Waals surface area contributed by atoms with Gasteiger partial charge in [0.2, 0.25) is 0 Å². The Morgan fingerprint density at radius 2 is 1.62 bits per heavy atom. The molecule has 1 aromatic heterocycles. The third kappa shape index (κ3) is 3.68. The maximum absolute atomic E-state index is 13.1. The van der Waals surface area contributed by atoms with Crippen molar-refractivity contribution in [1.29, 1.82) is 0 Å². The Balaban J connectivity index is 1.66. The van der Waals surface area contributed by atoms with Crippen molar-refractivity contribution in [1.82, 2.24) is 5.32 Å². The number of anilines is 1. The van der Waals surface area contributed by atoms with Gasteiger partial charge in [-0.2, -0.15) is 0 Å². The number of hydrogen-bond acceptors (Lipinski definition) is 4. The molecule has 4 rings (SSSR count). The molecule has 0 spiro atoms. The van der Waals surface area contributed by atoms with E-state index in [1.807, 2.05) is 0 Å². The van der Waals surface area contributed by atoms with Crippen LogP contribution in [0.1, 0.15) is 5.76 Å². The SMILES string of the molecule is O=C1NC(=O)N(c2ccc(F)cc2)C(=O)/C1=C\c1ccc(-c2ccc(Cl)cc2)o1. The van der Waals surface area contributed by atoms with Gasteiger partial charge in [0.05, 0.1) is 5.69 Å². The molecule has 29 heavy (non-hydrogen) atoms. The van der Waals surface area contributed by atoms with E-state index in [0.29, 0.717) is 10.8 Å². The summed E-state index contributed by atoms with van der Waals surface area (Å²) < 4.78 is 18.8. The van der Waals surface area contributed by atoms with E-state index in [-0.39, 0.29) is 17.0 Å². The molecule has 4 amide bonds. The van der Waals surface area contributed by atoms with Gasteiger partial charge >= 0.3 is 6.03 Å². The van der Waals surface area contributed by atoms with E-state index in [0.717, 1.165) is 22.6 Å². The number of nitrogens with one attached hydrogen (secondary N) is 1. The number of hydrogen-bond donors (Lipinski definition) is 1. The molecule has 3 aromatic rings. The molecular formula is C21H12ClFN2O4. The van der Waals surface area contributed by atoms with Crippen molar-refractivity contribution in [3.05, 3.63) is 82.8 Å². The van der Waals surface area contributed by atoms with E-state index in [9.17, 15) is 18.8 Å². The molecule has 0 atom stereocenters. The minimum absolute atomic E-state index is 0.133. The van der Waals surface area contributed by atoms with Crippen molar-refractivity contribution < 1.29 is 23.2 Å². The Labute approximate surface area is 169 Å². The molecule has 144 valence electrons. The molecule has 1 N–H and O–H groups in total. The monoisotopic (exact) mass is 410 g/mol. The molecule has 2 aromatic carbocycles. The number of rotatable bonds is 3. The topological polar surface area (TPSA) is 79.6 Å². The van der Waals surface area contributed by atoms with E-state index >= 15 is 0 Å². The van der Waals surface area contributed by atoms with Crippen LogP contribution in [0, 0.1) is 5.82 Å². The fourth-order valence-corrected chi connectivity index (χ4v) is 2.95. The molecule has 1 saturated heterocycles. The Morgan fingerprint density at radius 1 is 0.931 bits per heavy atom. The van der Waals surface area contributed by atoms with Crippen molar-refractivity contribution in [2.45, 2.75) is 0 Å². The average molecular weight is 411 g/mol. The number of carbonyl (C=O) groups is 3. The number of imide groups is 2. The number of nitrogens with zero attached hydrogens (tertiary/aromatic N) is 1. The molecule has 1 aliphatic rings. The molecule has 8 heteroatoms. The molecule has 2 heterocycles. The molecular weight excluding hydrogens is 399 g/mol. The van der Waals surface area contributed by atoms with Crippen LogP contribution in [0.3, 0.4) is 0 Å². The van der Waals surface area contributed by atoms with Gasteiger partial charge < -0.3 is 4.42 Å². The zero-order valence-electron chi connectivity index (χ0n) is 14.7. The molecule has 0 unspecified atom stereocenters. The second-order valence-corrected chi connectivity index (χ2v) is 6.58. The van der Waals surface area contributed by atoms with Crippen LogP contribution < -0.4 is 10.2 Å². The quantitative estimate of drug-likeness (QED) is 0.512. The molecule has 0 bridgehead atoms. The summed E-state index contributed by atoms with van der Waals surface area (Å²) >= 11 is 5.87. The maximum atomic E-state index is 13.1. The summed E-state index contributed by atoms with van der Waals surface area (Å²) in [4.78, 5) is 37.9. The summed E-state index contributed by atoms with van der Waals surface area (Å²) in [6, 6.07) is 14.1. The lowest BCUT2D eigenvalue weighted by Gasteiger charge is -2.26. The highest BCUT2D eigenvalue weighted by molar-refractivity contribution is 6.39. The minimum Gasteiger partial charge on any atom is -0.457 e. The smallest absolute Gasteiger partial charge is 0.335 e. The molecule has 0 radical (unpaired) electrons. The van der Waals surface area contributed by atoms with Gasteiger partial charge in [-0.1, -0.05) is 11.6 Å². The van der Waals surface area contributed by atoms with E-state index < -0.39 is 23.7 Å². The molecule has 1 aliphatic heterocycles. The van der Waals surface area contributed by atoms with Gasteiger partial charge in [-0.05, 0) is 66.7 Å². The van der Waals surface area contributed by atoms with Crippen LogP contribution in [0.5, 0.6) is 0 Å². The van der Waals surface area contributed by atoms with Crippen molar-refractivity contribution in [2.75, 3.05) is 4.90 Å². The zero-order valence-corrected chi connectivity index (χ0v) is 15.4. The van der Waals surface area contributed by atoms with Gasteiger partial charge in [0.1, 0.15) is 22.9 Å². The Kier molecular flexibility index (Phi) is 4.74. The average Bonchev–Trinajstić information content (AvgIpc) is 3.16. The van der Waals surface area contributed by atoms with E-state index in [1.165, 1.54) is 18.2 Å². The number of benzene rings is 2. The van der Waals surface area contributed by atoms with Gasteiger partial charge in [0.25, 0.3) is 11.8 Å². The van der Waals surface area contributed by atoms with E-state index in [2.05, 4.69) is 5.32 Å². The first-order valence-electron chi connectivity index (χ1n) is 8.45. The minimum atomic E-state index is -0.912. The van der Waals surface area contributed by atoms with Crippen molar-refractivity contribution >= 4 is 41.2 Å². The summed E-state index contributed by atoms with van der Waals surface area (Å²) in [6.07, 6.45) is 1.25. The normalized spacial score (nSPS) is 15.7. The largest absolute Gasteiger partial charge is 0.457 e. The van der Waals surface area contributed by atoms with Crippen molar-refractivity contribution in [3.8, 4) is 11.3 Å². The number of amides is 4. The highest BCUT2D eigenvalue weighted by Gasteiger charge is 2.37. The van der Waals surface area contributed by atoms with Crippen LogP contribution in [0.2, 0.25) is 5.02 Å². The first-order valence-corrected chi connectivity index (χ1v) is 8.83. The molecule has 6 nitrogen and oxygen atoms in total. The Morgan fingerprint density at radius 3 is 2.31 bits per heavy atom. The summed E-state index contributed by atoms with van der Waals surface area (Å²) in [6.45, 7) is 0. The zero-order chi connectivity index (χ0) is 20.5. The maximum Gasteiger partial charge on any atom is 0.335 e. The lowest BCUT2D eigenvalue weighted by Crippen LogP contribution is -2.54. The van der Waals surface area contributed by atoms with Gasteiger partial charge in [-0.25, -0.2) is 14.1 Å². The van der Waals surface area contributed by atoms with Gasteiger partial charge in [0, 0.05) is 10.6 Å².